The molecule has 1 aromatic rings. The molecule has 0 bridgehead atoms. The van der Waals surface area contributed by atoms with Gasteiger partial charge in [-0.05, 0) is 32.3 Å². The first-order valence-corrected chi connectivity index (χ1v) is 7.27. The number of ether oxygens (including phenoxy) is 1. The number of carbonyl (C=O) groups excluding carboxylic acids is 1. The second-order valence-corrected chi connectivity index (χ2v) is 5.10. The molecule has 20 heavy (non-hydrogen) atoms. The molecular formula is C15H22ClNO3. The van der Waals surface area contributed by atoms with Crippen LogP contribution in [0.25, 0.3) is 0 Å². The van der Waals surface area contributed by atoms with Crippen LogP contribution in [0.5, 0.6) is 0 Å². The van der Waals surface area contributed by atoms with Gasteiger partial charge in [0.15, 0.2) is 0 Å². The Morgan fingerprint density at radius 1 is 1.40 bits per heavy atom. The van der Waals surface area contributed by atoms with Gasteiger partial charge in [0.05, 0.1) is 6.61 Å². The van der Waals surface area contributed by atoms with Gasteiger partial charge in [-0.15, -0.1) is 0 Å². The van der Waals surface area contributed by atoms with Crippen LogP contribution in [0.1, 0.15) is 25.8 Å². The Kier molecular flexibility index (Phi) is 7.59. The summed E-state index contributed by atoms with van der Waals surface area (Å²) in [7, 11) is 0. The van der Waals surface area contributed by atoms with Gasteiger partial charge in [0, 0.05) is 6.04 Å². The molecule has 0 aliphatic carbocycles. The van der Waals surface area contributed by atoms with E-state index in [1.54, 1.807) is 13.8 Å². The summed E-state index contributed by atoms with van der Waals surface area (Å²) < 4.78 is 5.05. The van der Waals surface area contributed by atoms with Crippen molar-refractivity contribution in [3.8, 4) is 0 Å². The first-order valence-electron chi connectivity index (χ1n) is 6.83. The van der Waals surface area contributed by atoms with Crippen LogP contribution in [0.15, 0.2) is 30.3 Å². The molecule has 1 rings (SSSR count). The SMILES string of the molecule is CCOC(=O)[C@H](CCc1ccccc1)N[C@@H](C)C(O)Cl. The summed E-state index contributed by atoms with van der Waals surface area (Å²) in [6.45, 7) is 3.83. The van der Waals surface area contributed by atoms with E-state index in [4.69, 9.17) is 16.3 Å². The molecule has 0 spiro atoms. The van der Waals surface area contributed by atoms with E-state index in [0.717, 1.165) is 12.0 Å². The lowest BCUT2D eigenvalue weighted by atomic mass is 10.0. The topological polar surface area (TPSA) is 58.6 Å². The van der Waals surface area contributed by atoms with E-state index in [1.807, 2.05) is 30.3 Å². The third-order valence-electron chi connectivity index (χ3n) is 3.01. The summed E-state index contributed by atoms with van der Waals surface area (Å²) >= 11 is 5.61. The number of aliphatic hydroxyl groups is 1. The van der Waals surface area contributed by atoms with Gasteiger partial charge >= 0.3 is 5.97 Å². The largest absolute Gasteiger partial charge is 0.465 e. The standard InChI is InChI=1S/C15H22ClNO3/c1-3-20-15(19)13(17-11(2)14(16)18)10-9-12-7-5-4-6-8-12/h4-8,11,13-14,17-18H,3,9-10H2,1-2H3/t11-,13-,14?/m0/s1. The van der Waals surface area contributed by atoms with Gasteiger partial charge in [-0.2, -0.15) is 0 Å². The summed E-state index contributed by atoms with van der Waals surface area (Å²) in [6, 6.07) is 9.06. The second-order valence-electron chi connectivity index (χ2n) is 4.66. The Morgan fingerprint density at radius 3 is 2.60 bits per heavy atom. The number of aryl methyl sites for hydroxylation is 1. The van der Waals surface area contributed by atoms with Crippen LogP contribution in [0, 0.1) is 0 Å². The molecule has 0 aromatic heterocycles. The fraction of sp³-hybridized carbons (Fsp3) is 0.533. The Morgan fingerprint density at radius 2 is 2.05 bits per heavy atom. The van der Waals surface area contributed by atoms with E-state index in [9.17, 15) is 9.90 Å². The van der Waals surface area contributed by atoms with Crippen LogP contribution in [0.3, 0.4) is 0 Å². The summed E-state index contributed by atoms with van der Waals surface area (Å²) in [5.74, 6) is -0.312. The number of benzene rings is 1. The summed E-state index contributed by atoms with van der Waals surface area (Å²) in [5.41, 5.74) is 0.117. The molecule has 1 unspecified atom stereocenters. The van der Waals surface area contributed by atoms with Crippen molar-refractivity contribution in [3.63, 3.8) is 0 Å². The highest BCUT2D eigenvalue weighted by Crippen LogP contribution is 2.09. The third kappa shape index (κ3) is 5.90. The molecule has 112 valence electrons. The molecular weight excluding hydrogens is 278 g/mol. The molecule has 0 radical (unpaired) electrons. The van der Waals surface area contributed by atoms with Gasteiger partial charge in [-0.25, -0.2) is 0 Å². The quantitative estimate of drug-likeness (QED) is 0.570. The Labute approximate surface area is 125 Å². The van der Waals surface area contributed by atoms with Crippen LogP contribution >= 0.6 is 11.6 Å². The van der Waals surface area contributed by atoms with Crippen LogP contribution in [0.4, 0.5) is 0 Å². The molecule has 3 atom stereocenters. The van der Waals surface area contributed by atoms with E-state index in [2.05, 4.69) is 5.32 Å². The predicted molar refractivity (Wildman–Crippen MR) is 79.6 cm³/mol. The molecule has 0 saturated carbocycles. The van der Waals surface area contributed by atoms with E-state index >= 15 is 0 Å². The first-order chi connectivity index (χ1) is 9.54. The van der Waals surface area contributed by atoms with Gasteiger partial charge in [-0.3, -0.25) is 10.1 Å². The van der Waals surface area contributed by atoms with Gasteiger partial charge in [0.1, 0.15) is 11.6 Å². The number of nitrogens with one attached hydrogen (secondary N) is 1. The van der Waals surface area contributed by atoms with Crippen LogP contribution < -0.4 is 5.32 Å². The zero-order valence-electron chi connectivity index (χ0n) is 11.9. The first kappa shape index (κ1) is 17.0. The number of rotatable bonds is 8. The number of carbonyl (C=O) groups is 1. The highest BCUT2D eigenvalue weighted by molar-refractivity contribution is 6.19. The molecule has 0 saturated heterocycles. The van der Waals surface area contributed by atoms with Crippen molar-refractivity contribution in [3.05, 3.63) is 35.9 Å². The Hall–Kier alpha value is -1.10. The van der Waals surface area contributed by atoms with Crippen molar-refractivity contribution in [1.82, 2.24) is 5.32 Å². The molecule has 4 nitrogen and oxygen atoms in total. The number of aliphatic hydroxyl groups excluding tert-OH is 1. The van der Waals surface area contributed by atoms with E-state index in [-0.39, 0.29) is 12.0 Å². The van der Waals surface area contributed by atoms with Crippen LogP contribution in [0.2, 0.25) is 0 Å². The van der Waals surface area contributed by atoms with Crippen molar-refractivity contribution in [2.75, 3.05) is 6.61 Å². The zero-order valence-corrected chi connectivity index (χ0v) is 12.6. The highest BCUT2D eigenvalue weighted by Gasteiger charge is 2.23. The van der Waals surface area contributed by atoms with E-state index in [0.29, 0.717) is 13.0 Å². The lowest BCUT2D eigenvalue weighted by Gasteiger charge is -2.22. The molecule has 0 aliphatic heterocycles. The van der Waals surface area contributed by atoms with E-state index in [1.165, 1.54) is 0 Å². The average Bonchev–Trinajstić information content (AvgIpc) is 2.44. The van der Waals surface area contributed by atoms with Crippen molar-refractivity contribution >= 4 is 17.6 Å². The van der Waals surface area contributed by atoms with Crippen molar-refractivity contribution in [2.45, 2.75) is 44.3 Å². The minimum absolute atomic E-state index is 0.312. The molecule has 0 fully saturated rings. The van der Waals surface area contributed by atoms with Gasteiger partial charge in [0.2, 0.25) is 0 Å². The third-order valence-corrected chi connectivity index (χ3v) is 3.39. The maximum Gasteiger partial charge on any atom is 0.323 e. The maximum atomic E-state index is 11.9. The van der Waals surface area contributed by atoms with Crippen LogP contribution in [-0.4, -0.2) is 35.3 Å². The summed E-state index contributed by atoms with van der Waals surface area (Å²) in [6.07, 6.45) is 1.35. The Bertz CT molecular complexity index is 397. The molecule has 0 aliphatic rings. The van der Waals surface area contributed by atoms with Crippen LogP contribution in [-0.2, 0) is 16.0 Å². The number of esters is 1. The smallest absolute Gasteiger partial charge is 0.323 e. The molecule has 2 N–H and O–H groups in total. The summed E-state index contributed by atoms with van der Waals surface area (Å²) in [5, 5.41) is 12.3. The fourth-order valence-corrected chi connectivity index (χ4v) is 1.94. The maximum absolute atomic E-state index is 11.9. The lowest BCUT2D eigenvalue weighted by Crippen LogP contribution is -2.46. The van der Waals surface area contributed by atoms with Crippen molar-refractivity contribution in [1.29, 1.82) is 0 Å². The van der Waals surface area contributed by atoms with E-state index < -0.39 is 11.6 Å². The monoisotopic (exact) mass is 299 g/mol. The molecule has 5 heteroatoms. The molecule has 0 heterocycles. The molecule has 1 aromatic carbocycles. The zero-order chi connectivity index (χ0) is 15.0. The minimum atomic E-state index is -1.04. The Balaban J connectivity index is 2.60. The number of hydrogen-bond acceptors (Lipinski definition) is 4. The van der Waals surface area contributed by atoms with Gasteiger partial charge in [0.25, 0.3) is 0 Å². The number of alkyl halides is 1. The minimum Gasteiger partial charge on any atom is -0.465 e. The van der Waals surface area contributed by atoms with Crippen molar-refractivity contribution in [2.24, 2.45) is 0 Å². The fourth-order valence-electron chi connectivity index (χ4n) is 1.86. The lowest BCUT2D eigenvalue weighted by molar-refractivity contribution is -0.146. The number of hydrogen-bond donors (Lipinski definition) is 2. The summed E-state index contributed by atoms with van der Waals surface area (Å²) in [4.78, 5) is 11.9. The second kappa shape index (κ2) is 8.95. The number of halogens is 1. The predicted octanol–water partition coefficient (Wildman–Crippen LogP) is 2.09. The van der Waals surface area contributed by atoms with Gasteiger partial charge < -0.3 is 9.84 Å². The van der Waals surface area contributed by atoms with Crippen molar-refractivity contribution < 1.29 is 14.6 Å². The van der Waals surface area contributed by atoms with Gasteiger partial charge in [-0.1, -0.05) is 41.9 Å². The average molecular weight is 300 g/mol. The normalized spacial score (nSPS) is 15.4. The highest BCUT2D eigenvalue weighted by atomic mass is 35.5. The molecule has 0 amide bonds.